The minimum absolute atomic E-state index is 0.0210. The van der Waals surface area contributed by atoms with Gasteiger partial charge in [0.05, 0.1) is 26.1 Å². The van der Waals surface area contributed by atoms with E-state index in [4.69, 9.17) is 9.26 Å². The molecule has 3 aromatic rings. The van der Waals surface area contributed by atoms with Gasteiger partial charge < -0.3 is 19.1 Å². The molecule has 1 amide bonds. The van der Waals surface area contributed by atoms with Gasteiger partial charge in [-0.3, -0.25) is 4.79 Å². The highest BCUT2D eigenvalue weighted by Gasteiger charge is 2.43. The molecule has 3 aliphatic rings. The fraction of sp³-hybridized carbons (Fsp3) is 0.621. The van der Waals surface area contributed by atoms with E-state index in [-0.39, 0.29) is 18.2 Å². The lowest BCUT2D eigenvalue weighted by Crippen LogP contribution is -2.39. The molecule has 0 radical (unpaired) electrons. The predicted octanol–water partition coefficient (Wildman–Crippen LogP) is 4.14. The minimum atomic E-state index is -0.403. The van der Waals surface area contributed by atoms with Crippen LogP contribution >= 0.6 is 0 Å². The molecule has 2 atom stereocenters. The quantitative estimate of drug-likeness (QED) is 0.391. The van der Waals surface area contributed by atoms with E-state index in [1.807, 2.05) is 11.6 Å². The summed E-state index contributed by atoms with van der Waals surface area (Å²) in [6.45, 7) is 10.0. The van der Waals surface area contributed by atoms with Crippen LogP contribution in [-0.2, 0) is 24.3 Å². The van der Waals surface area contributed by atoms with Gasteiger partial charge in [-0.2, -0.15) is 10.1 Å². The van der Waals surface area contributed by atoms with Crippen LogP contribution in [-0.4, -0.2) is 62.0 Å². The largest absolute Gasteiger partial charge is 0.493 e. The van der Waals surface area contributed by atoms with Gasteiger partial charge in [0, 0.05) is 31.6 Å². The fourth-order valence-electron chi connectivity index (χ4n) is 6.13. The van der Waals surface area contributed by atoms with E-state index in [1.165, 1.54) is 12.5 Å². The Bertz CT molecular complexity index is 1350. The molecule has 0 spiro atoms. The first-order valence-electron chi connectivity index (χ1n) is 14.5. The van der Waals surface area contributed by atoms with E-state index in [9.17, 15) is 9.18 Å². The molecule has 1 saturated heterocycles. The second kappa shape index (κ2) is 11.2. The van der Waals surface area contributed by atoms with Crippen molar-refractivity contribution in [2.24, 2.45) is 17.8 Å². The Hall–Kier alpha value is -3.50. The molecule has 6 rings (SSSR count). The van der Waals surface area contributed by atoms with E-state index in [1.54, 1.807) is 17.0 Å². The molecule has 2 aliphatic heterocycles. The molecule has 1 aliphatic carbocycles. The van der Waals surface area contributed by atoms with Crippen LogP contribution in [0.2, 0.25) is 0 Å². The predicted molar refractivity (Wildman–Crippen MR) is 145 cm³/mol. The first-order chi connectivity index (χ1) is 19.3. The molecule has 2 aromatic heterocycles. The lowest BCUT2D eigenvalue weighted by Gasteiger charge is -2.30. The monoisotopic (exact) mass is 551 g/mol. The van der Waals surface area contributed by atoms with Crippen LogP contribution < -0.4 is 9.64 Å². The average Bonchev–Trinajstić information content (AvgIpc) is 3.35. The van der Waals surface area contributed by atoms with Crippen molar-refractivity contribution in [2.45, 2.75) is 71.9 Å². The molecule has 1 saturated carbocycles. The van der Waals surface area contributed by atoms with Crippen LogP contribution in [0.3, 0.4) is 0 Å². The smallest absolute Gasteiger partial charge is 0.324 e. The van der Waals surface area contributed by atoms with Crippen LogP contribution in [0.25, 0.3) is 0 Å². The van der Waals surface area contributed by atoms with Gasteiger partial charge in [0.15, 0.2) is 5.82 Å². The van der Waals surface area contributed by atoms with Crippen molar-refractivity contribution in [2.75, 3.05) is 31.1 Å². The summed E-state index contributed by atoms with van der Waals surface area (Å²) in [7, 11) is 0. The molecule has 40 heavy (non-hydrogen) atoms. The third kappa shape index (κ3) is 5.83. The van der Waals surface area contributed by atoms with Gasteiger partial charge in [0.1, 0.15) is 23.2 Å². The Kier molecular flexibility index (Phi) is 7.46. The first kappa shape index (κ1) is 26.7. The normalized spacial score (nSPS) is 21.1. The maximum Gasteiger partial charge on any atom is 0.324 e. The zero-order chi connectivity index (χ0) is 27.8. The van der Waals surface area contributed by atoms with Crippen LogP contribution in [0.4, 0.5) is 10.4 Å². The van der Waals surface area contributed by atoms with Gasteiger partial charge in [0.2, 0.25) is 5.91 Å². The number of rotatable bonds is 9. The summed E-state index contributed by atoms with van der Waals surface area (Å²) in [4.78, 5) is 25.7. The summed E-state index contributed by atoms with van der Waals surface area (Å²) in [5, 5.41) is 8.41. The van der Waals surface area contributed by atoms with Crippen molar-refractivity contribution in [3.63, 3.8) is 0 Å². The highest BCUT2D eigenvalue weighted by atomic mass is 19.1. The SMILES string of the molecule is Cc1nc2n(n1)CCN(C(=O)Cc1ccc(OCC[C@@H]3C[C@@H]3C3CCN(c4nc(C(C)C)no4)CC3)cc1F)C2. The number of aryl methyl sites for hydroxylation is 1. The fourth-order valence-corrected chi connectivity index (χ4v) is 6.13. The molecule has 0 unspecified atom stereocenters. The van der Waals surface area contributed by atoms with E-state index >= 15 is 0 Å². The maximum atomic E-state index is 14.8. The van der Waals surface area contributed by atoms with Crippen LogP contribution in [0.5, 0.6) is 5.75 Å². The number of nitrogens with zero attached hydrogens (tertiary/aromatic N) is 7. The highest BCUT2D eigenvalue weighted by Crippen LogP contribution is 2.50. The van der Waals surface area contributed by atoms with Crippen molar-refractivity contribution in [1.29, 1.82) is 0 Å². The lowest BCUT2D eigenvalue weighted by atomic mass is 9.90. The molecule has 214 valence electrons. The molecular formula is C29H38FN7O3. The first-order valence-corrected chi connectivity index (χ1v) is 14.5. The van der Waals surface area contributed by atoms with Crippen molar-refractivity contribution >= 4 is 11.9 Å². The van der Waals surface area contributed by atoms with Gasteiger partial charge >= 0.3 is 6.01 Å². The zero-order valence-electron chi connectivity index (χ0n) is 23.6. The van der Waals surface area contributed by atoms with Crippen molar-refractivity contribution in [1.82, 2.24) is 29.8 Å². The van der Waals surface area contributed by atoms with Crippen molar-refractivity contribution in [3.8, 4) is 5.75 Å². The Morgan fingerprint density at radius 1 is 1.18 bits per heavy atom. The molecule has 1 aromatic carbocycles. The number of amides is 1. The van der Waals surface area contributed by atoms with Crippen LogP contribution in [0.15, 0.2) is 22.7 Å². The van der Waals surface area contributed by atoms with E-state index in [0.29, 0.717) is 55.3 Å². The number of hydrogen-bond acceptors (Lipinski definition) is 8. The van der Waals surface area contributed by atoms with Crippen molar-refractivity contribution < 1.29 is 18.4 Å². The Morgan fingerprint density at radius 3 is 2.75 bits per heavy atom. The van der Waals surface area contributed by atoms with E-state index in [0.717, 1.165) is 55.8 Å². The van der Waals surface area contributed by atoms with Crippen LogP contribution in [0, 0.1) is 30.5 Å². The molecule has 11 heteroatoms. The summed E-state index contributed by atoms with van der Waals surface area (Å²) in [5.41, 5.74) is 0.384. The second-order valence-corrected chi connectivity index (χ2v) is 11.8. The van der Waals surface area contributed by atoms with Gasteiger partial charge in [0.25, 0.3) is 0 Å². The van der Waals surface area contributed by atoms with E-state index < -0.39 is 5.82 Å². The molecule has 0 bridgehead atoms. The van der Waals surface area contributed by atoms with Crippen LogP contribution in [0.1, 0.15) is 68.5 Å². The number of hydrogen-bond donors (Lipinski definition) is 0. The Balaban J connectivity index is 0.918. The maximum absolute atomic E-state index is 14.8. The van der Waals surface area contributed by atoms with Gasteiger partial charge in [-0.05, 0) is 62.0 Å². The van der Waals surface area contributed by atoms with Gasteiger partial charge in [-0.15, -0.1) is 0 Å². The molecule has 10 nitrogen and oxygen atoms in total. The number of piperidine rings is 1. The average molecular weight is 552 g/mol. The molecular weight excluding hydrogens is 513 g/mol. The number of ether oxygens (including phenoxy) is 1. The zero-order valence-corrected chi connectivity index (χ0v) is 23.6. The summed E-state index contributed by atoms with van der Waals surface area (Å²) in [6.07, 6.45) is 4.53. The molecule has 2 fully saturated rings. The number of carbonyl (C=O) groups is 1. The summed E-state index contributed by atoms with van der Waals surface area (Å²) >= 11 is 0. The standard InChI is InChI=1S/C29H38FN7O3/c1-18(2)28-32-29(40-34-28)35-9-6-20(7-10-35)24-14-21(24)8-13-39-23-5-4-22(25(30)16-23)15-27(38)36-11-12-37-26(17-36)31-19(3)33-37/h4-5,16,18,20-21,24H,6-15,17H2,1-3H3/t21-,24-/m1/s1. The highest BCUT2D eigenvalue weighted by molar-refractivity contribution is 5.79. The van der Waals surface area contributed by atoms with E-state index in [2.05, 4.69) is 39.0 Å². The Labute approximate surface area is 233 Å². The summed E-state index contributed by atoms with van der Waals surface area (Å²) in [5.74, 6) is 4.65. The third-order valence-electron chi connectivity index (χ3n) is 8.58. The topological polar surface area (TPSA) is 102 Å². The minimum Gasteiger partial charge on any atom is -0.493 e. The summed E-state index contributed by atoms with van der Waals surface area (Å²) in [6, 6.07) is 5.49. The number of anilines is 1. The number of halogens is 1. The second-order valence-electron chi connectivity index (χ2n) is 11.8. The van der Waals surface area contributed by atoms with Crippen molar-refractivity contribution in [3.05, 3.63) is 47.1 Å². The van der Waals surface area contributed by atoms with Gasteiger partial charge in [-0.1, -0.05) is 25.1 Å². The molecule has 4 heterocycles. The number of benzene rings is 1. The number of aromatic nitrogens is 5. The molecule has 0 N–H and O–H groups in total. The lowest BCUT2D eigenvalue weighted by molar-refractivity contribution is -0.132. The van der Waals surface area contributed by atoms with Gasteiger partial charge in [-0.25, -0.2) is 14.1 Å². The Morgan fingerprint density at radius 2 is 2.00 bits per heavy atom. The third-order valence-corrected chi connectivity index (χ3v) is 8.58. The summed E-state index contributed by atoms with van der Waals surface area (Å²) < 4.78 is 28.0. The number of fused-ring (bicyclic) bond motifs is 1. The number of carbonyl (C=O) groups excluding carboxylic acids is 1.